The van der Waals surface area contributed by atoms with Gasteiger partial charge in [-0.15, -0.1) is 0 Å². The van der Waals surface area contributed by atoms with Gasteiger partial charge in [0.1, 0.15) is 0 Å². The van der Waals surface area contributed by atoms with Crippen LogP contribution in [0.1, 0.15) is 36.9 Å². The monoisotopic (exact) mass is 310 g/mol. The second kappa shape index (κ2) is 5.79. The van der Waals surface area contributed by atoms with Crippen LogP contribution in [-0.4, -0.2) is 31.3 Å². The Bertz CT molecular complexity index is 709. The Labute approximate surface area is 138 Å². The quantitative estimate of drug-likeness (QED) is 0.787. The van der Waals surface area contributed by atoms with E-state index >= 15 is 0 Å². The summed E-state index contributed by atoms with van der Waals surface area (Å²) in [5, 5.41) is 1.30. The number of benzene rings is 1. The summed E-state index contributed by atoms with van der Waals surface area (Å²) in [6, 6.07) is 8.57. The lowest BCUT2D eigenvalue weighted by atomic mass is 9.72. The molecule has 2 saturated heterocycles. The third-order valence-electron chi connectivity index (χ3n) is 6.04. The Kier molecular flexibility index (Phi) is 3.76. The van der Waals surface area contributed by atoms with Gasteiger partial charge in [0.2, 0.25) is 0 Å². The minimum atomic E-state index is 0.542. The van der Waals surface area contributed by atoms with Crippen LogP contribution in [0.3, 0.4) is 0 Å². The topological polar surface area (TPSA) is 25.4 Å². The summed E-state index contributed by atoms with van der Waals surface area (Å²) in [6.07, 6.45) is 5.09. The zero-order chi connectivity index (χ0) is 15.9. The summed E-state index contributed by atoms with van der Waals surface area (Å²) < 4.78 is 5.58. The lowest BCUT2D eigenvalue weighted by molar-refractivity contribution is 0.00213. The average Bonchev–Trinajstić information content (AvgIpc) is 2.58. The van der Waals surface area contributed by atoms with Gasteiger partial charge in [-0.2, -0.15) is 0 Å². The lowest BCUT2D eigenvalue weighted by Crippen LogP contribution is -2.43. The Morgan fingerprint density at radius 1 is 1.00 bits per heavy atom. The van der Waals surface area contributed by atoms with E-state index in [2.05, 4.69) is 43.0 Å². The molecule has 2 fully saturated rings. The van der Waals surface area contributed by atoms with E-state index in [1.165, 1.54) is 42.3 Å². The summed E-state index contributed by atoms with van der Waals surface area (Å²) >= 11 is 0. The Morgan fingerprint density at radius 2 is 1.70 bits per heavy atom. The number of piperidine rings is 1. The van der Waals surface area contributed by atoms with Gasteiger partial charge in [0, 0.05) is 37.4 Å². The number of anilines is 1. The van der Waals surface area contributed by atoms with Crippen LogP contribution in [-0.2, 0) is 4.74 Å². The maximum atomic E-state index is 5.58. The molecule has 0 radical (unpaired) electrons. The number of pyridine rings is 1. The fourth-order valence-electron chi connectivity index (χ4n) is 4.33. The van der Waals surface area contributed by atoms with E-state index in [1.807, 2.05) is 0 Å². The predicted octanol–water partition coefficient (Wildman–Crippen LogP) is 4.25. The van der Waals surface area contributed by atoms with Crippen LogP contribution in [0.15, 0.2) is 24.3 Å². The largest absolute Gasteiger partial charge is 0.381 e. The molecule has 0 N–H and O–H groups in total. The van der Waals surface area contributed by atoms with E-state index in [-0.39, 0.29) is 0 Å². The summed E-state index contributed by atoms with van der Waals surface area (Å²) in [6.45, 7) is 8.59. The molecule has 3 nitrogen and oxygen atoms in total. The van der Waals surface area contributed by atoms with Crippen molar-refractivity contribution >= 4 is 16.6 Å². The molecule has 122 valence electrons. The van der Waals surface area contributed by atoms with Crippen molar-refractivity contribution in [2.45, 2.75) is 39.5 Å². The van der Waals surface area contributed by atoms with Gasteiger partial charge in [-0.3, -0.25) is 4.98 Å². The number of hydrogen-bond donors (Lipinski definition) is 0. The summed E-state index contributed by atoms with van der Waals surface area (Å²) in [7, 11) is 0. The van der Waals surface area contributed by atoms with Crippen molar-refractivity contribution in [2.24, 2.45) is 5.41 Å². The third kappa shape index (κ3) is 2.61. The summed E-state index contributed by atoms with van der Waals surface area (Å²) in [5.41, 5.74) is 5.57. The van der Waals surface area contributed by atoms with Gasteiger partial charge >= 0.3 is 0 Å². The predicted molar refractivity (Wildman–Crippen MR) is 95.2 cm³/mol. The highest BCUT2D eigenvalue weighted by molar-refractivity contribution is 5.93. The van der Waals surface area contributed by atoms with E-state index in [0.717, 1.165) is 37.5 Å². The number of fused-ring (bicyclic) bond motifs is 1. The zero-order valence-corrected chi connectivity index (χ0v) is 14.3. The fraction of sp³-hybridized carbons (Fsp3) is 0.550. The Morgan fingerprint density at radius 3 is 2.43 bits per heavy atom. The average molecular weight is 310 g/mol. The van der Waals surface area contributed by atoms with Crippen LogP contribution in [0.2, 0.25) is 0 Å². The number of nitrogens with zero attached hydrogens (tertiary/aromatic N) is 2. The highest BCUT2D eigenvalue weighted by atomic mass is 16.5. The number of para-hydroxylation sites is 1. The first-order valence-corrected chi connectivity index (χ1v) is 8.87. The molecule has 1 spiro atoms. The van der Waals surface area contributed by atoms with E-state index in [1.54, 1.807) is 0 Å². The van der Waals surface area contributed by atoms with Crippen LogP contribution in [0.25, 0.3) is 10.9 Å². The molecule has 0 bridgehead atoms. The number of aromatic nitrogens is 1. The number of hydrogen-bond acceptors (Lipinski definition) is 3. The van der Waals surface area contributed by atoms with Crippen LogP contribution in [0, 0.1) is 19.3 Å². The lowest BCUT2D eigenvalue weighted by Gasteiger charge is -2.45. The molecule has 3 heterocycles. The first-order valence-electron chi connectivity index (χ1n) is 8.87. The van der Waals surface area contributed by atoms with Crippen molar-refractivity contribution in [1.29, 1.82) is 0 Å². The Balaban J connectivity index is 1.66. The van der Waals surface area contributed by atoms with Crippen molar-refractivity contribution < 1.29 is 4.74 Å². The van der Waals surface area contributed by atoms with Gasteiger partial charge in [0.15, 0.2) is 0 Å². The van der Waals surface area contributed by atoms with Crippen LogP contribution in [0.5, 0.6) is 0 Å². The highest BCUT2D eigenvalue weighted by Gasteiger charge is 2.36. The normalized spacial score (nSPS) is 21.0. The molecule has 2 aliphatic heterocycles. The van der Waals surface area contributed by atoms with Gasteiger partial charge in [-0.1, -0.05) is 18.2 Å². The second-order valence-corrected chi connectivity index (χ2v) is 7.29. The molecule has 0 aliphatic carbocycles. The molecular weight excluding hydrogens is 284 g/mol. The van der Waals surface area contributed by atoms with Crippen molar-refractivity contribution in [1.82, 2.24) is 4.98 Å². The number of rotatable bonds is 1. The maximum absolute atomic E-state index is 5.58. The van der Waals surface area contributed by atoms with Crippen molar-refractivity contribution in [2.75, 3.05) is 31.2 Å². The van der Waals surface area contributed by atoms with Crippen molar-refractivity contribution in [3.05, 3.63) is 35.5 Å². The molecular formula is C20H26N2O. The van der Waals surface area contributed by atoms with E-state index in [4.69, 9.17) is 9.72 Å². The van der Waals surface area contributed by atoms with Gasteiger partial charge in [-0.25, -0.2) is 0 Å². The summed E-state index contributed by atoms with van der Waals surface area (Å²) in [4.78, 5) is 7.38. The minimum Gasteiger partial charge on any atom is -0.381 e. The maximum Gasteiger partial charge on any atom is 0.0726 e. The van der Waals surface area contributed by atoms with Crippen LogP contribution < -0.4 is 4.90 Å². The molecule has 0 amide bonds. The molecule has 0 unspecified atom stereocenters. The van der Waals surface area contributed by atoms with Gasteiger partial charge in [0.25, 0.3) is 0 Å². The molecule has 1 aromatic heterocycles. The van der Waals surface area contributed by atoms with Crippen molar-refractivity contribution in [3.8, 4) is 0 Å². The molecule has 0 atom stereocenters. The molecule has 1 aromatic carbocycles. The van der Waals surface area contributed by atoms with Crippen LogP contribution >= 0.6 is 0 Å². The number of aryl methyl sites for hydroxylation is 1. The first kappa shape index (κ1) is 14.9. The highest BCUT2D eigenvalue weighted by Crippen LogP contribution is 2.43. The van der Waals surface area contributed by atoms with E-state index in [9.17, 15) is 0 Å². The van der Waals surface area contributed by atoms with E-state index in [0.29, 0.717) is 5.41 Å². The molecule has 23 heavy (non-hydrogen) atoms. The SMILES string of the molecule is Cc1nc2ccccc2c(N2CCC3(CCOCC3)CC2)c1C. The first-order chi connectivity index (χ1) is 11.2. The smallest absolute Gasteiger partial charge is 0.0726 e. The second-order valence-electron chi connectivity index (χ2n) is 7.29. The molecule has 0 saturated carbocycles. The molecule has 3 heteroatoms. The standard InChI is InChI=1S/C20H26N2O/c1-15-16(2)21-18-6-4-3-5-17(18)19(15)22-11-7-20(8-12-22)9-13-23-14-10-20/h3-6H,7-14H2,1-2H3. The number of ether oxygens (including phenoxy) is 1. The molecule has 2 aromatic rings. The van der Waals surface area contributed by atoms with Gasteiger partial charge in [-0.05, 0) is 56.6 Å². The van der Waals surface area contributed by atoms with Gasteiger partial charge in [0.05, 0.1) is 11.2 Å². The van der Waals surface area contributed by atoms with E-state index < -0.39 is 0 Å². The van der Waals surface area contributed by atoms with Crippen molar-refractivity contribution in [3.63, 3.8) is 0 Å². The van der Waals surface area contributed by atoms with Crippen LogP contribution in [0.4, 0.5) is 5.69 Å². The molecule has 4 rings (SSSR count). The summed E-state index contributed by atoms with van der Waals surface area (Å²) in [5.74, 6) is 0. The zero-order valence-electron chi connectivity index (χ0n) is 14.3. The van der Waals surface area contributed by atoms with Gasteiger partial charge < -0.3 is 9.64 Å². The fourth-order valence-corrected chi connectivity index (χ4v) is 4.33. The molecule has 2 aliphatic rings. The third-order valence-corrected chi connectivity index (χ3v) is 6.04. The Hall–Kier alpha value is -1.61. The minimum absolute atomic E-state index is 0.542.